The Labute approximate surface area is 58.1 Å². The van der Waals surface area contributed by atoms with Crippen LogP contribution in [0.15, 0.2) is 0 Å². The maximum Gasteiger partial charge on any atom is 0.0257 e. The summed E-state index contributed by atoms with van der Waals surface area (Å²) in [6.45, 7) is 6.34. The second-order valence-corrected chi connectivity index (χ2v) is 2.12. The van der Waals surface area contributed by atoms with Crippen LogP contribution in [-0.4, -0.2) is 18.0 Å². The minimum absolute atomic E-state index is 1.03. The minimum Gasteiger partial charge on any atom is -0.333 e. The second kappa shape index (κ2) is 5.50. The van der Waals surface area contributed by atoms with Crippen molar-refractivity contribution in [1.82, 2.24) is 4.90 Å². The Morgan fingerprint density at radius 3 is 1.89 bits per heavy atom. The summed E-state index contributed by atoms with van der Waals surface area (Å²) in [5.74, 6) is 0. The summed E-state index contributed by atoms with van der Waals surface area (Å²) in [5.41, 5.74) is 0. The molecule has 0 aromatic carbocycles. The van der Waals surface area contributed by atoms with E-state index in [1.165, 1.54) is 0 Å². The Kier molecular flexibility index (Phi) is 5.11. The molecule has 0 saturated heterocycles. The van der Waals surface area contributed by atoms with Gasteiger partial charge in [-0.2, -0.15) is 0 Å². The summed E-state index contributed by atoms with van der Waals surface area (Å²) in [7, 11) is 0. The highest BCUT2D eigenvalue weighted by Gasteiger charge is 1.92. The van der Waals surface area contributed by atoms with E-state index < -0.39 is 0 Å². The van der Waals surface area contributed by atoms with Crippen molar-refractivity contribution in [2.75, 3.05) is 13.1 Å². The number of nitrogens with zero attached hydrogens (tertiary/aromatic N) is 1. The highest BCUT2D eigenvalue weighted by atomic mass is 15.1. The average molecular weight is 125 g/mol. The number of rotatable bonds is 4. The van der Waals surface area contributed by atoms with Gasteiger partial charge >= 0.3 is 0 Å². The van der Waals surface area contributed by atoms with Crippen molar-refractivity contribution in [3.63, 3.8) is 0 Å². The highest BCUT2D eigenvalue weighted by Crippen LogP contribution is 1.89. The predicted octanol–water partition coefficient (Wildman–Crippen LogP) is 1.70. The lowest BCUT2D eigenvalue weighted by atomic mass is 10.4. The molecular formula is C8H15N. The van der Waals surface area contributed by atoms with E-state index in [4.69, 9.17) is 6.42 Å². The Balaban J connectivity index is 3.32. The molecule has 0 N–H and O–H groups in total. The van der Waals surface area contributed by atoms with Gasteiger partial charge < -0.3 is 4.90 Å². The van der Waals surface area contributed by atoms with E-state index in [0.717, 1.165) is 25.9 Å². The van der Waals surface area contributed by atoms with Crippen molar-refractivity contribution in [3.05, 3.63) is 0 Å². The number of hydrogen-bond acceptors (Lipinski definition) is 1. The van der Waals surface area contributed by atoms with Crippen LogP contribution in [0.5, 0.6) is 0 Å². The van der Waals surface area contributed by atoms with Crippen LogP contribution in [0.2, 0.25) is 0 Å². The maximum atomic E-state index is 5.22. The zero-order valence-corrected chi connectivity index (χ0v) is 6.35. The van der Waals surface area contributed by atoms with Crippen molar-refractivity contribution >= 4 is 0 Å². The van der Waals surface area contributed by atoms with Crippen LogP contribution in [-0.2, 0) is 0 Å². The molecule has 0 spiro atoms. The zero-order chi connectivity index (χ0) is 7.11. The fourth-order valence-electron chi connectivity index (χ4n) is 0.781. The van der Waals surface area contributed by atoms with Crippen LogP contribution in [0.25, 0.3) is 0 Å². The van der Waals surface area contributed by atoms with Gasteiger partial charge in [0, 0.05) is 19.1 Å². The van der Waals surface area contributed by atoms with Crippen molar-refractivity contribution in [3.8, 4) is 12.5 Å². The predicted molar refractivity (Wildman–Crippen MR) is 41.0 cm³/mol. The molecule has 0 aliphatic carbocycles. The van der Waals surface area contributed by atoms with Gasteiger partial charge in [-0.05, 0) is 12.8 Å². The zero-order valence-electron chi connectivity index (χ0n) is 6.35. The Hall–Kier alpha value is -0.640. The first-order valence-electron chi connectivity index (χ1n) is 3.56. The molecule has 0 aliphatic heterocycles. The number of terminal acetylenes is 1. The van der Waals surface area contributed by atoms with E-state index in [0.29, 0.717) is 0 Å². The summed E-state index contributed by atoms with van der Waals surface area (Å²) >= 11 is 0. The van der Waals surface area contributed by atoms with Gasteiger partial charge in [0.1, 0.15) is 0 Å². The molecule has 0 atom stereocenters. The highest BCUT2D eigenvalue weighted by molar-refractivity contribution is 4.83. The molecule has 1 nitrogen and oxygen atoms in total. The van der Waals surface area contributed by atoms with Gasteiger partial charge in [-0.3, -0.25) is 0 Å². The van der Waals surface area contributed by atoms with Gasteiger partial charge in [0.2, 0.25) is 0 Å². The van der Waals surface area contributed by atoms with Crippen LogP contribution in [0.3, 0.4) is 0 Å². The summed E-state index contributed by atoms with van der Waals surface area (Å²) in [6.07, 6.45) is 7.51. The van der Waals surface area contributed by atoms with E-state index in [2.05, 4.69) is 19.9 Å². The summed E-state index contributed by atoms with van der Waals surface area (Å²) in [5, 5.41) is 0. The smallest absolute Gasteiger partial charge is 0.0257 e. The van der Waals surface area contributed by atoms with E-state index in [1.54, 1.807) is 0 Å². The van der Waals surface area contributed by atoms with Crippen molar-refractivity contribution in [2.45, 2.75) is 26.7 Å². The van der Waals surface area contributed by atoms with Crippen molar-refractivity contribution < 1.29 is 0 Å². The second-order valence-electron chi connectivity index (χ2n) is 2.12. The van der Waals surface area contributed by atoms with Gasteiger partial charge in [0.15, 0.2) is 0 Å². The first kappa shape index (κ1) is 8.36. The van der Waals surface area contributed by atoms with Gasteiger partial charge in [0.05, 0.1) is 0 Å². The molecule has 0 aromatic heterocycles. The molecule has 1 heteroatoms. The molecule has 52 valence electrons. The summed E-state index contributed by atoms with van der Waals surface area (Å²) < 4.78 is 0. The normalized spacial score (nSPS) is 8.56. The molecule has 0 heterocycles. The first-order chi connectivity index (χ1) is 4.35. The molecule has 0 bridgehead atoms. The molecule has 0 unspecified atom stereocenters. The van der Waals surface area contributed by atoms with Crippen molar-refractivity contribution in [1.29, 1.82) is 0 Å². The molecule has 0 aliphatic rings. The minimum atomic E-state index is 1.03. The van der Waals surface area contributed by atoms with E-state index in [1.807, 2.05) is 4.90 Å². The van der Waals surface area contributed by atoms with E-state index >= 15 is 0 Å². The summed E-state index contributed by atoms with van der Waals surface area (Å²) in [6, 6.07) is 2.64. The third-order valence-electron chi connectivity index (χ3n) is 1.17. The fraction of sp³-hybridized carbons (Fsp3) is 0.750. The molecule has 0 aromatic rings. The lowest BCUT2D eigenvalue weighted by Crippen LogP contribution is -2.18. The SMILES string of the molecule is C#CN(CCC)CCC. The molecule has 0 saturated carbocycles. The van der Waals surface area contributed by atoms with Gasteiger partial charge in [-0.1, -0.05) is 20.3 Å². The Morgan fingerprint density at radius 2 is 1.67 bits per heavy atom. The molecule has 0 rings (SSSR count). The Morgan fingerprint density at radius 1 is 1.22 bits per heavy atom. The quantitative estimate of drug-likeness (QED) is 0.408. The van der Waals surface area contributed by atoms with Crippen LogP contribution >= 0.6 is 0 Å². The number of hydrogen-bond donors (Lipinski definition) is 0. The lowest BCUT2D eigenvalue weighted by molar-refractivity contribution is 0.398. The van der Waals surface area contributed by atoms with E-state index in [-0.39, 0.29) is 0 Å². The maximum absolute atomic E-state index is 5.22. The topological polar surface area (TPSA) is 3.24 Å². The largest absolute Gasteiger partial charge is 0.333 e. The third kappa shape index (κ3) is 3.90. The lowest BCUT2D eigenvalue weighted by Gasteiger charge is -2.13. The molecular weight excluding hydrogens is 110 g/mol. The summed E-state index contributed by atoms with van der Waals surface area (Å²) in [4.78, 5) is 2.01. The Bertz CT molecular complexity index is 85.2. The standard InChI is InChI=1S/C8H15N/c1-4-7-9(6-3)8-5-2/h3H,4-5,7-8H2,1-2H3. The van der Waals surface area contributed by atoms with Crippen LogP contribution < -0.4 is 0 Å². The van der Waals surface area contributed by atoms with E-state index in [9.17, 15) is 0 Å². The van der Waals surface area contributed by atoms with Gasteiger partial charge in [-0.25, -0.2) is 0 Å². The third-order valence-corrected chi connectivity index (χ3v) is 1.17. The molecule has 9 heavy (non-hydrogen) atoms. The monoisotopic (exact) mass is 125 g/mol. The van der Waals surface area contributed by atoms with Gasteiger partial charge in [0.25, 0.3) is 0 Å². The van der Waals surface area contributed by atoms with Gasteiger partial charge in [-0.15, -0.1) is 0 Å². The molecule has 0 radical (unpaired) electrons. The molecule has 0 amide bonds. The van der Waals surface area contributed by atoms with Crippen molar-refractivity contribution in [2.24, 2.45) is 0 Å². The first-order valence-corrected chi connectivity index (χ1v) is 3.56. The van der Waals surface area contributed by atoms with Crippen LogP contribution in [0, 0.1) is 12.5 Å². The molecule has 0 fully saturated rings. The fourth-order valence-corrected chi connectivity index (χ4v) is 0.781. The van der Waals surface area contributed by atoms with Crippen LogP contribution in [0.1, 0.15) is 26.7 Å². The van der Waals surface area contributed by atoms with Crippen LogP contribution in [0.4, 0.5) is 0 Å². The average Bonchev–Trinajstić information content (AvgIpc) is 1.88.